The second kappa shape index (κ2) is 4.65. The predicted molar refractivity (Wildman–Crippen MR) is 60.1 cm³/mol. The molecule has 0 saturated carbocycles. The van der Waals surface area contributed by atoms with Crippen LogP contribution in [0.4, 0.5) is 5.95 Å². The number of ether oxygens (including phenoxy) is 1. The monoisotopic (exact) mass is 233 g/mol. The Hall–Kier alpha value is -2.37. The summed E-state index contributed by atoms with van der Waals surface area (Å²) >= 11 is 0. The highest BCUT2D eigenvalue weighted by Crippen LogP contribution is 2.22. The molecule has 88 valence electrons. The minimum Gasteiger partial charge on any atom is -0.463 e. The van der Waals surface area contributed by atoms with Crippen LogP contribution in [-0.2, 0) is 4.74 Å². The number of carbonyl (C=O) groups is 1. The number of carbonyl (C=O) groups excluding carboxylic acids is 1. The molecular formula is C11H11N3O3. The van der Waals surface area contributed by atoms with Crippen LogP contribution in [0, 0.1) is 0 Å². The van der Waals surface area contributed by atoms with Crippen molar-refractivity contribution in [3.8, 4) is 11.5 Å². The summed E-state index contributed by atoms with van der Waals surface area (Å²) in [6, 6.07) is 3.38. The lowest BCUT2D eigenvalue weighted by Gasteiger charge is -2.05. The Balaban J connectivity index is 2.49. The first-order chi connectivity index (χ1) is 8.22. The molecule has 0 unspecified atom stereocenters. The summed E-state index contributed by atoms with van der Waals surface area (Å²) in [6.07, 6.45) is 2.82. The molecule has 2 rings (SSSR count). The maximum atomic E-state index is 11.7. The van der Waals surface area contributed by atoms with Crippen molar-refractivity contribution >= 4 is 11.9 Å². The number of rotatable bonds is 3. The van der Waals surface area contributed by atoms with Crippen LogP contribution in [0.5, 0.6) is 0 Å². The number of hydrogen-bond acceptors (Lipinski definition) is 6. The third kappa shape index (κ3) is 2.25. The smallest absolute Gasteiger partial charge is 0.342 e. The first kappa shape index (κ1) is 11.1. The molecule has 0 amide bonds. The van der Waals surface area contributed by atoms with Gasteiger partial charge in [0.05, 0.1) is 12.9 Å². The highest BCUT2D eigenvalue weighted by Gasteiger charge is 2.18. The van der Waals surface area contributed by atoms with Crippen LogP contribution in [0.2, 0.25) is 0 Å². The standard InChI is InChI=1S/C11H11N3O3/c1-2-16-10(15)7-6-13-11(12)14-9(7)8-4-3-5-17-8/h3-6H,2H2,1H3,(H2,12,13,14). The highest BCUT2D eigenvalue weighted by atomic mass is 16.5. The summed E-state index contributed by atoms with van der Waals surface area (Å²) in [4.78, 5) is 19.5. The third-order valence-electron chi connectivity index (χ3n) is 2.06. The lowest BCUT2D eigenvalue weighted by molar-refractivity contribution is 0.0526. The molecule has 0 atom stereocenters. The summed E-state index contributed by atoms with van der Waals surface area (Å²) in [6.45, 7) is 2.00. The summed E-state index contributed by atoms with van der Waals surface area (Å²) in [5, 5.41) is 0. The average Bonchev–Trinajstić information content (AvgIpc) is 2.82. The zero-order valence-electron chi connectivity index (χ0n) is 9.21. The van der Waals surface area contributed by atoms with E-state index in [2.05, 4.69) is 9.97 Å². The van der Waals surface area contributed by atoms with Crippen LogP contribution in [0.1, 0.15) is 17.3 Å². The fourth-order valence-electron chi connectivity index (χ4n) is 1.35. The van der Waals surface area contributed by atoms with Crippen molar-refractivity contribution in [2.24, 2.45) is 0 Å². The van der Waals surface area contributed by atoms with E-state index >= 15 is 0 Å². The topological polar surface area (TPSA) is 91.2 Å². The molecule has 0 fully saturated rings. The molecular weight excluding hydrogens is 222 g/mol. The minimum absolute atomic E-state index is 0.0736. The highest BCUT2D eigenvalue weighted by molar-refractivity contribution is 5.95. The van der Waals surface area contributed by atoms with Crippen molar-refractivity contribution in [3.63, 3.8) is 0 Å². The lowest BCUT2D eigenvalue weighted by Crippen LogP contribution is -2.09. The molecule has 2 N–H and O–H groups in total. The van der Waals surface area contributed by atoms with Gasteiger partial charge in [0.2, 0.25) is 5.95 Å². The van der Waals surface area contributed by atoms with Crippen molar-refractivity contribution < 1.29 is 13.9 Å². The quantitative estimate of drug-likeness (QED) is 0.807. The second-order valence-electron chi connectivity index (χ2n) is 3.19. The molecule has 2 aromatic rings. The summed E-state index contributed by atoms with van der Waals surface area (Å²) in [5.41, 5.74) is 6.06. The first-order valence-corrected chi connectivity index (χ1v) is 5.06. The van der Waals surface area contributed by atoms with Gasteiger partial charge in [0.1, 0.15) is 11.3 Å². The van der Waals surface area contributed by atoms with Gasteiger partial charge < -0.3 is 14.9 Å². The average molecular weight is 233 g/mol. The molecule has 0 aliphatic rings. The molecule has 2 heterocycles. The van der Waals surface area contributed by atoms with Crippen LogP contribution in [0.3, 0.4) is 0 Å². The summed E-state index contributed by atoms with van der Waals surface area (Å²) < 4.78 is 10.1. The molecule has 17 heavy (non-hydrogen) atoms. The number of anilines is 1. The number of furan rings is 1. The van der Waals surface area contributed by atoms with E-state index in [-0.39, 0.29) is 18.1 Å². The number of nitrogen functional groups attached to an aromatic ring is 1. The second-order valence-corrected chi connectivity index (χ2v) is 3.19. The summed E-state index contributed by atoms with van der Waals surface area (Å²) in [5.74, 6) is 0.0190. The van der Waals surface area contributed by atoms with E-state index in [9.17, 15) is 4.79 Å². The Morgan fingerprint density at radius 2 is 2.41 bits per heavy atom. The van der Waals surface area contributed by atoms with E-state index in [1.807, 2.05) is 0 Å². The fraction of sp³-hybridized carbons (Fsp3) is 0.182. The van der Waals surface area contributed by atoms with Gasteiger partial charge in [0.25, 0.3) is 0 Å². The molecule has 6 nitrogen and oxygen atoms in total. The van der Waals surface area contributed by atoms with Gasteiger partial charge >= 0.3 is 5.97 Å². The van der Waals surface area contributed by atoms with Gasteiger partial charge in [0, 0.05) is 6.20 Å². The van der Waals surface area contributed by atoms with Crippen LogP contribution >= 0.6 is 0 Å². The van der Waals surface area contributed by atoms with Gasteiger partial charge in [-0.25, -0.2) is 14.8 Å². The molecule has 2 aromatic heterocycles. The molecule has 0 spiro atoms. The Morgan fingerprint density at radius 3 is 3.06 bits per heavy atom. The largest absolute Gasteiger partial charge is 0.463 e. The third-order valence-corrected chi connectivity index (χ3v) is 2.06. The van der Waals surface area contributed by atoms with Crippen LogP contribution in [0.25, 0.3) is 11.5 Å². The van der Waals surface area contributed by atoms with E-state index in [4.69, 9.17) is 14.9 Å². The lowest BCUT2D eigenvalue weighted by atomic mass is 10.2. The van der Waals surface area contributed by atoms with Crippen molar-refractivity contribution in [2.75, 3.05) is 12.3 Å². The van der Waals surface area contributed by atoms with E-state index < -0.39 is 5.97 Å². The van der Waals surface area contributed by atoms with Gasteiger partial charge in [-0.2, -0.15) is 0 Å². The first-order valence-electron chi connectivity index (χ1n) is 5.06. The molecule has 0 aliphatic carbocycles. The number of hydrogen-bond donors (Lipinski definition) is 1. The van der Waals surface area contributed by atoms with E-state index in [1.165, 1.54) is 12.5 Å². The van der Waals surface area contributed by atoms with Crippen molar-refractivity contribution in [1.29, 1.82) is 0 Å². The Kier molecular flexibility index (Phi) is 3.04. The molecule has 0 aliphatic heterocycles. The van der Waals surface area contributed by atoms with Crippen LogP contribution in [-0.4, -0.2) is 22.5 Å². The minimum atomic E-state index is -0.501. The number of esters is 1. The number of nitrogens with zero attached hydrogens (tertiary/aromatic N) is 2. The Morgan fingerprint density at radius 1 is 1.59 bits per heavy atom. The maximum Gasteiger partial charge on any atom is 0.342 e. The van der Waals surface area contributed by atoms with Gasteiger partial charge in [-0.1, -0.05) is 0 Å². The van der Waals surface area contributed by atoms with Crippen molar-refractivity contribution in [3.05, 3.63) is 30.2 Å². The fourth-order valence-corrected chi connectivity index (χ4v) is 1.35. The Labute approximate surface area is 97.4 Å². The number of aromatic nitrogens is 2. The van der Waals surface area contributed by atoms with Gasteiger partial charge in [-0.05, 0) is 19.1 Å². The molecule has 0 aromatic carbocycles. The Bertz CT molecular complexity index is 523. The maximum absolute atomic E-state index is 11.7. The van der Waals surface area contributed by atoms with E-state index in [0.717, 1.165) is 0 Å². The van der Waals surface area contributed by atoms with Gasteiger partial charge in [-0.3, -0.25) is 0 Å². The molecule has 6 heteroatoms. The van der Waals surface area contributed by atoms with Crippen molar-refractivity contribution in [2.45, 2.75) is 6.92 Å². The summed E-state index contributed by atoms with van der Waals surface area (Å²) in [7, 11) is 0. The molecule has 0 saturated heterocycles. The zero-order chi connectivity index (χ0) is 12.3. The normalized spacial score (nSPS) is 10.2. The van der Waals surface area contributed by atoms with Crippen molar-refractivity contribution in [1.82, 2.24) is 9.97 Å². The molecule has 0 radical (unpaired) electrons. The SMILES string of the molecule is CCOC(=O)c1cnc(N)nc1-c1ccco1. The van der Waals surface area contributed by atoms with Crippen LogP contribution in [0.15, 0.2) is 29.0 Å². The number of nitrogens with two attached hydrogens (primary N) is 1. The van der Waals surface area contributed by atoms with Gasteiger partial charge in [0.15, 0.2) is 5.76 Å². The predicted octanol–water partition coefficient (Wildman–Crippen LogP) is 1.50. The van der Waals surface area contributed by atoms with Gasteiger partial charge in [-0.15, -0.1) is 0 Å². The molecule has 0 bridgehead atoms. The van der Waals surface area contributed by atoms with E-state index in [0.29, 0.717) is 11.5 Å². The van der Waals surface area contributed by atoms with E-state index in [1.54, 1.807) is 19.1 Å². The zero-order valence-corrected chi connectivity index (χ0v) is 9.21. The van der Waals surface area contributed by atoms with Crippen LogP contribution < -0.4 is 5.73 Å².